The summed E-state index contributed by atoms with van der Waals surface area (Å²) in [5.74, 6) is 0.905. The zero-order chi connectivity index (χ0) is 28.4. The van der Waals surface area contributed by atoms with Crippen molar-refractivity contribution in [3.05, 3.63) is 125 Å². The number of fused-ring (bicyclic) bond motifs is 2. The molecule has 1 spiro atoms. The molecule has 2 aliphatic heterocycles. The van der Waals surface area contributed by atoms with Crippen molar-refractivity contribution in [3.8, 4) is 11.5 Å². The Bertz CT molecular complexity index is 1600. The lowest BCUT2D eigenvalue weighted by Gasteiger charge is -2.40. The molecule has 1 fully saturated rings. The van der Waals surface area contributed by atoms with E-state index in [-0.39, 0.29) is 17.6 Å². The number of likely N-dealkylation sites (tertiary alicyclic amines) is 1. The van der Waals surface area contributed by atoms with Crippen LogP contribution in [0.4, 0.5) is 10.1 Å². The summed E-state index contributed by atoms with van der Waals surface area (Å²) in [5.41, 5.74) is 3.19. The highest BCUT2D eigenvalue weighted by atomic mass is 19.1. The number of benzene rings is 3. The van der Waals surface area contributed by atoms with Crippen molar-refractivity contribution in [2.45, 2.75) is 25.2 Å². The molecule has 0 unspecified atom stereocenters. The van der Waals surface area contributed by atoms with Crippen LogP contribution in [0.15, 0.2) is 103 Å². The van der Waals surface area contributed by atoms with Crippen LogP contribution in [-0.2, 0) is 10.2 Å². The molecule has 0 bridgehead atoms. The van der Waals surface area contributed by atoms with Gasteiger partial charge in [0.05, 0.1) is 0 Å². The smallest absolute Gasteiger partial charge is 0.253 e. The zero-order valence-electron chi connectivity index (χ0n) is 22.8. The number of hydrogen-bond acceptors (Lipinski definition) is 4. The molecular formula is C34H30FN3O3. The third kappa shape index (κ3) is 5.35. The van der Waals surface area contributed by atoms with Crippen LogP contribution in [0.1, 0.15) is 41.3 Å². The van der Waals surface area contributed by atoms with E-state index >= 15 is 0 Å². The Morgan fingerprint density at radius 2 is 1.66 bits per heavy atom. The van der Waals surface area contributed by atoms with E-state index in [0.29, 0.717) is 49.4 Å². The molecule has 2 amide bonds. The van der Waals surface area contributed by atoms with Crippen LogP contribution in [0, 0.1) is 5.82 Å². The molecule has 3 heterocycles. The predicted molar refractivity (Wildman–Crippen MR) is 156 cm³/mol. The number of ether oxygens (including phenoxy) is 1. The average molecular weight is 548 g/mol. The van der Waals surface area contributed by atoms with Crippen molar-refractivity contribution in [2.75, 3.05) is 24.5 Å². The standard InChI is InChI=1S/C34H30FN3O3/c1-24(20-25-6-5-17-36-22-25)32(39)38-23-34(30-21-27(35)11-14-31(30)38)15-18-37(19-16-34)33(40)26-9-12-29(13-10-26)41-28-7-3-2-4-8-28/h2-14,17,20-22H,15-16,18-19,23H2,1H3/b24-20+. The summed E-state index contributed by atoms with van der Waals surface area (Å²) in [6.45, 7) is 3.28. The van der Waals surface area contributed by atoms with Gasteiger partial charge in [-0.25, -0.2) is 4.39 Å². The first kappa shape index (κ1) is 26.4. The van der Waals surface area contributed by atoms with E-state index in [1.54, 1.807) is 60.6 Å². The predicted octanol–water partition coefficient (Wildman–Crippen LogP) is 6.64. The van der Waals surface area contributed by atoms with Gasteiger partial charge in [0.25, 0.3) is 11.8 Å². The Kier molecular flexibility index (Phi) is 7.10. The summed E-state index contributed by atoms with van der Waals surface area (Å²) >= 11 is 0. The number of rotatable bonds is 5. The monoisotopic (exact) mass is 547 g/mol. The number of para-hydroxylation sites is 1. The van der Waals surface area contributed by atoms with E-state index < -0.39 is 5.41 Å². The number of carbonyl (C=O) groups is 2. The summed E-state index contributed by atoms with van der Waals surface area (Å²) in [6, 6.07) is 25.0. The van der Waals surface area contributed by atoms with Gasteiger partial charge < -0.3 is 14.5 Å². The van der Waals surface area contributed by atoms with Crippen molar-refractivity contribution in [1.82, 2.24) is 9.88 Å². The molecule has 2 aliphatic rings. The lowest BCUT2D eigenvalue weighted by molar-refractivity contribution is -0.115. The molecule has 4 aromatic rings. The molecule has 41 heavy (non-hydrogen) atoms. The van der Waals surface area contributed by atoms with Gasteiger partial charge in [-0.2, -0.15) is 0 Å². The molecule has 0 atom stereocenters. The minimum absolute atomic E-state index is 0.0493. The van der Waals surface area contributed by atoms with Crippen molar-refractivity contribution >= 4 is 23.6 Å². The molecule has 6 nitrogen and oxygen atoms in total. The van der Waals surface area contributed by atoms with Gasteiger partial charge in [0.15, 0.2) is 0 Å². The number of carbonyl (C=O) groups excluding carboxylic acids is 2. The normalized spacial score (nSPS) is 16.0. The molecule has 0 N–H and O–H groups in total. The quantitative estimate of drug-likeness (QED) is 0.263. The molecule has 0 aliphatic carbocycles. The number of piperidine rings is 1. The van der Waals surface area contributed by atoms with Gasteiger partial charge in [0.1, 0.15) is 17.3 Å². The molecule has 1 saturated heterocycles. The van der Waals surface area contributed by atoms with Crippen LogP contribution >= 0.6 is 0 Å². The van der Waals surface area contributed by atoms with Gasteiger partial charge in [0, 0.05) is 54.3 Å². The number of anilines is 1. The Labute approximate surface area is 238 Å². The number of pyridine rings is 1. The van der Waals surface area contributed by atoms with Crippen molar-refractivity contribution in [3.63, 3.8) is 0 Å². The first-order valence-electron chi connectivity index (χ1n) is 13.7. The number of aromatic nitrogens is 1. The van der Waals surface area contributed by atoms with E-state index in [9.17, 15) is 14.0 Å². The fraction of sp³-hybridized carbons (Fsp3) is 0.206. The summed E-state index contributed by atoms with van der Waals surface area (Å²) in [5, 5.41) is 0. The molecule has 0 radical (unpaired) electrons. The third-order valence-electron chi connectivity index (χ3n) is 8.02. The second-order valence-electron chi connectivity index (χ2n) is 10.7. The second-order valence-corrected chi connectivity index (χ2v) is 10.7. The Balaban J connectivity index is 1.17. The number of halogens is 1. The molecule has 0 saturated carbocycles. The summed E-state index contributed by atoms with van der Waals surface area (Å²) in [7, 11) is 0. The molecule has 1 aromatic heterocycles. The van der Waals surface area contributed by atoms with E-state index in [2.05, 4.69) is 4.98 Å². The zero-order valence-corrected chi connectivity index (χ0v) is 22.8. The van der Waals surface area contributed by atoms with Gasteiger partial charge in [0.2, 0.25) is 0 Å². The highest BCUT2D eigenvalue weighted by molar-refractivity contribution is 6.09. The van der Waals surface area contributed by atoms with Gasteiger partial charge in [-0.3, -0.25) is 14.6 Å². The molecular weight excluding hydrogens is 517 g/mol. The van der Waals surface area contributed by atoms with Crippen molar-refractivity contribution in [1.29, 1.82) is 0 Å². The Morgan fingerprint density at radius 3 is 2.37 bits per heavy atom. The topological polar surface area (TPSA) is 62.7 Å². The Hall–Kier alpha value is -4.78. The van der Waals surface area contributed by atoms with Gasteiger partial charge in [-0.1, -0.05) is 24.3 Å². The minimum Gasteiger partial charge on any atom is -0.457 e. The van der Waals surface area contributed by atoms with Crippen molar-refractivity contribution in [2.24, 2.45) is 0 Å². The number of nitrogens with zero attached hydrogens (tertiary/aromatic N) is 3. The SMILES string of the molecule is C/C(=C\c1cccnc1)C(=O)N1CC2(CCN(C(=O)c3ccc(Oc4ccccc4)cc3)CC2)c2cc(F)ccc21. The van der Waals surface area contributed by atoms with E-state index in [1.807, 2.05) is 53.4 Å². The second kappa shape index (κ2) is 11.0. The van der Waals surface area contributed by atoms with Crippen LogP contribution in [0.2, 0.25) is 0 Å². The minimum atomic E-state index is -0.411. The fourth-order valence-corrected chi connectivity index (χ4v) is 5.85. The lowest BCUT2D eigenvalue weighted by atomic mass is 9.74. The lowest BCUT2D eigenvalue weighted by Crippen LogP contribution is -2.48. The van der Waals surface area contributed by atoms with Gasteiger partial charge >= 0.3 is 0 Å². The first-order valence-corrected chi connectivity index (χ1v) is 13.7. The van der Waals surface area contributed by atoms with Crippen LogP contribution in [-0.4, -0.2) is 41.3 Å². The maximum absolute atomic E-state index is 14.5. The Morgan fingerprint density at radius 1 is 0.927 bits per heavy atom. The number of hydrogen-bond donors (Lipinski definition) is 0. The largest absolute Gasteiger partial charge is 0.457 e. The van der Waals surface area contributed by atoms with Crippen molar-refractivity contribution < 1.29 is 18.7 Å². The van der Waals surface area contributed by atoms with Crippen LogP contribution in [0.25, 0.3) is 6.08 Å². The van der Waals surface area contributed by atoms with Gasteiger partial charge in [-0.05, 0) is 97.6 Å². The molecule has 6 rings (SSSR count). The fourth-order valence-electron chi connectivity index (χ4n) is 5.85. The van der Waals surface area contributed by atoms with E-state index in [0.717, 1.165) is 22.6 Å². The van der Waals surface area contributed by atoms with Crippen LogP contribution in [0.3, 0.4) is 0 Å². The third-order valence-corrected chi connectivity index (χ3v) is 8.02. The summed E-state index contributed by atoms with van der Waals surface area (Å²) < 4.78 is 20.3. The first-order chi connectivity index (χ1) is 19.9. The highest BCUT2D eigenvalue weighted by Crippen LogP contribution is 2.48. The highest BCUT2D eigenvalue weighted by Gasteiger charge is 2.47. The maximum atomic E-state index is 14.5. The molecule has 206 valence electrons. The molecule has 7 heteroatoms. The summed E-state index contributed by atoms with van der Waals surface area (Å²) in [4.78, 5) is 34.7. The van der Waals surface area contributed by atoms with Crippen LogP contribution < -0.4 is 9.64 Å². The number of amides is 2. The maximum Gasteiger partial charge on any atom is 0.253 e. The summed E-state index contributed by atoms with van der Waals surface area (Å²) in [6.07, 6.45) is 6.50. The van der Waals surface area contributed by atoms with E-state index in [1.165, 1.54) is 6.07 Å². The van der Waals surface area contributed by atoms with E-state index in [4.69, 9.17) is 4.74 Å². The van der Waals surface area contributed by atoms with Gasteiger partial charge in [-0.15, -0.1) is 0 Å². The molecule has 3 aromatic carbocycles. The average Bonchev–Trinajstić information content (AvgIpc) is 3.31. The van der Waals surface area contributed by atoms with Crippen LogP contribution in [0.5, 0.6) is 11.5 Å².